The Hall–Kier alpha value is -1.31. The van der Waals surface area contributed by atoms with Crippen LogP contribution in [0.25, 0.3) is 0 Å². The monoisotopic (exact) mass is 297 g/mol. The molecule has 2 aliphatic rings. The highest BCUT2D eigenvalue weighted by Crippen LogP contribution is 2.64. The van der Waals surface area contributed by atoms with E-state index in [0.29, 0.717) is 0 Å². The molecule has 0 N–H and O–H groups in total. The third-order valence-electron chi connectivity index (χ3n) is 5.86. The molecule has 2 aliphatic heterocycles. The summed E-state index contributed by atoms with van der Waals surface area (Å²) in [4.78, 5) is 2.59. The standard InChI is InChI=1S/C19H20ClN/c1-4-18-14-8-6-7-9-15(14)19(5-2,21(18)3)17-12-13(20)10-11-16(17)18/h6-12H,4-5H2,1-3H3. The summed E-state index contributed by atoms with van der Waals surface area (Å²) in [6.45, 7) is 4.58. The molecule has 0 aliphatic carbocycles. The highest BCUT2D eigenvalue weighted by atomic mass is 35.5. The van der Waals surface area contributed by atoms with E-state index in [2.05, 4.69) is 62.2 Å². The SMILES string of the molecule is CCC12c3ccccc3C(CC)(c3cc(Cl)ccc31)N2C. The molecule has 0 radical (unpaired) electrons. The van der Waals surface area contributed by atoms with Gasteiger partial charge in [0.15, 0.2) is 0 Å². The van der Waals surface area contributed by atoms with E-state index in [1.807, 2.05) is 6.07 Å². The Balaban J connectivity index is 2.17. The molecule has 2 aromatic carbocycles. The van der Waals surface area contributed by atoms with Crippen molar-refractivity contribution < 1.29 is 0 Å². The Morgan fingerprint density at radius 1 is 0.857 bits per heavy atom. The Morgan fingerprint density at radius 3 is 1.95 bits per heavy atom. The number of benzene rings is 2. The fourth-order valence-corrected chi connectivity index (χ4v) is 5.17. The largest absolute Gasteiger partial charge is 0.279 e. The zero-order valence-electron chi connectivity index (χ0n) is 12.8. The predicted molar refractivity (Wildman–Crippen MR) is 87.8 cm³/mol. The van der Waals surface area contributed by atoms with Gasteiger partial charge in [0.05, 0.1) is 11.1 Å². The third-order valence-corrected chi connectivity index (χ3v) is 6.09. The van der Waals surface area contributed by atoms with Gasteiger partial charge in [-0.15, -0.1) is 0 Å². The first-order valence-electron chi connectivity index (χ1n) is 7.77. The van der Waals surface area contributed by atoms with Gasteiger partial charge in [0.1, 0.15) is 0 Å². The molecule has 108 valence electrons. The number of fused-ring (bicyclic) bond motifs is 8. The molecule has 0 aromatic heterocycles. The second-order valence-corrected chi connectivity index (χ2v) is 6.66. The van der Waals surface area contributed by atoms with Crippen molar-refractivity contribution in [2.75, 3.05) is 7.05 Å². The summed E-state index contributed by atoms with van der Waals surface area (Å²) in [6.07, 6.45) is 2.15. The topological polar surface area (TPSA) is 3.24 Å². The molecule has 2 aromatic rings. The maximum absolute atomic E-state index is 6.32. The number of rotatable bonds is 2. The maximum Gasteiger partial charge on any atom is 0.0727 e. The summed E-state index contributed by atoms with van der Waals surface area (Å²) < 4.78 is 0. The zero-order valence-corrected chi connectivity index (χ0v) is 13.5. The molecule has 2 unspecified atom stereocenters. The minimum absolute atomic E-state index is 0.00647. The van der Waals surface area contributed by atoms with Crippen LogP contribution in [0.4, 0.5) is 0 Å². The Labute approximate surface area is 131 Å². The fourth-order valence-electron chi connectivity index (χ4n) is 5.00. The van der Waals surface area contributed by atoms with Crippen LogP contribution in [0.2, 0.25) is 5.02 Å². The minimum Gasteiger partial charge on any atom is -0.279 e. The molecule has 2 heteroatoms. The minimum atomic E-state index is -0.0210. The van der Waals surface area contributed by atoms with Crippen molar-refractivity contribution in [1.82, 2.24) is 4.90 Å². The summed E-state index contributed by atoms with van der Waals surface area (Å²) in [6, 6.07) is 15.4. The number of hydrogen-bond acceptors (Lipinski definition) is 1. The molecule has 0 amide bonds. The van der Waals surface area contributed by atoms with Gasteiger partial charge < -0.3 is 0 Å². The van der Waals surface area contributed by atoms with Gasteiger partial charge in [0.25, 0.3) is 0 Å². The molecule has 2 atom stereocenters. The summed E-state index contributed by atoms with van der Waals surface area (Å²) >= 11 is 6.32. The average molecular weight is 298 g/mol. The van der Waals surface area contributed by atoms with E-state index in [1.54, 1.807) is 0 Å². The Morgan fingerprint density at radius 2 is 1.38 bits per heavy atom. The van der Waals surface area contributed by atoms with Crippen LogP contribution in [0, 0.1) is 0 Å². The molecule has 2 bridgehead atoms. The van der Waals surface area contributed by atoms with Crippen molar-refractivity contribution in [1.29, 1.82) is 0 Å². The third kappa shape index (κ3) is 1.24. The smallest absolute Gasteiger partial charge is 0.0727 e. The van der Waals surface area contributed by atoms with Gasteiger partial charge in [-0.3, -0.25) is 4.90 Å². The molecule has 0 saturated carbocycles. The van der Waals surface area contributed by atoms with Gasteiger partial charge in [-0.2, -0.15) is 0 Å². The molecule has 21 heavy (non-hydrogen) atoms. The fraction of sp³-hybridized carbons (Fsp3) is 0.368. The highest BCUT2D eigenvalue weighted by Gasteiger charge is 2.63. The van der Waals surface area contributed by atoms with Gasteiger partial charge in [-0.25, -0.2) is 0 Å². The van der Waals surface area contributed by atoms with Crippen molar-refractivity contribution in [3.8, 4) is 0 Å². The summed E-state index contributed by atoms with van der Waals surface area (Å²) in [7, 11) is 2.28. The normalized spacial score (nSPS) is 29.5. The van der Waals surface area contributed by atoms with Crippen LogP contribution >= 0.6 is 11.6 Å². The van der Waals surface area contributed by atoms with Gasteiger partial charge in [-0.05, 0) is 54.3 Å². The van der Waals surface area contributed by atoms with Crippen molar-refractivity contribution in [2.24, 2.45) is 0 Å². The Bertz CT molecular complexity index is 738. The lowest BCUT2D eigenvalue weighted by Crippen LogP contribution is -2.42. The summed E-state index contributed by atoms with van der Waals surface area (Å²) in [5, 5.41) is 0.839. The van der Waals surface area contributed by atoms with Crippen LogP contribution in [0.1, 0.15) is 48.9 Å². The molecule has 1 nitrogen and oxygen atoms in total. The van der Waals surface area contributed by atoms with Gasteiger partial charge in [-0.1, -0.05) is 55.8 Å². The van der Waals surface area contributed by atoms with Crippen molar-refractivity contribution >= 4 is 11.6 Å². The molecular formula is C19H20ClN. The first kappa shape index (κ1) is 13.4. The van der Waals surface area contributed by atoms with Crippen LogP contribution in [0.3, 0.4) is 0 Å². The molecule has 0 fully saturated rings. The number of nitrogens with zero attached hydrogens (tertiary/aromatic N) is 1. The van der Waals surface area contributed by atoms with E-state index in [9.17, 15) is 0 Å². The molecule has 0 saturated heterocycles. The second kappa shape index (κ2) is 4.12. The van der Waals surface area contributed by atoms with Crippen LogP contribution in [-0.4, -0.2) is 11.9 Å². The maximum atomic E-state index is 6.32. The zero-order chi connectivity index (χ0) is 14.8. The van der Waals surface area contributed by atoms with Gasteiger partial charge in [0.2, 0.25) is 0 Å². The Kier molecular flexibility index (Phi) is 2.62. The second-order valence-electron chi connectivity index (χ2n) is 6.22. The quantitative estimate of drug-likeness (QED) is 0.761. The average Bonchev–Trinajstić information content (AvgIpc) is 2.87. The van der Waals surface area contributed by atoms with Gasteiger partial charge in [0, 0.05) is 5.02 Å². The molecule has 4 rings (SSSR count). The van der Waals surface area contributed by atoms with Crippen LogP contribution in [0.5, 0.6) is 0 Å². The van der Waals surface area contributed by atoms with Crippen molar-refractivity contribution in [3.05, 3.63) is 69.7 Å². The molecule has 2 heterocycles. The van der Waals surface area contributed by atoms with E-state index in [0.717, 1.165) is 17.9 Å². The first-order valence-corrected chi connectivity index (χ1v) is 8.15. The van der Waals surface area contributed by atoms with Crippen LogP contribution in [0.15, 0.2) is 42.5 Å². The van der Waals surface area contributed by atoms with Crippen LogP contribution in [-0.2, 0) is 11.1 Å². The molecular weight excluding hydrogens is 278 g/mol. The van der Waals surface area contributed by atoms with E-state index in [4.69, 9.17) is 11.6 Å². The van der Waals surface area contributed by atoms with Crippen molar-refractivity contribution in [2.45, 2.75) is 37.8 Å². The van der Waals surface area contributed by atoms with E-state index >= 15 is 0 Å². The van der Waals surface area contributed by atoms with Crippen LogP contribution < -0.4 is 0 Å². The number of hydrogen-bond donors (Lipinski definition) is 0. The van der Waals surface area contributed by atoms with Crippen molar-refractivity contribution in [3.63, 3.8) is 0 Å². The molecule has 0 spiro atoms. The van der Waals surface area contributed by atoms with E-state index < -0.39 is 0 Å². The number of halogens is 1. The lowest BCUT2D eigenvalue weighted by Gasteiger charge is -2.36. The first-order chi connectivity index (χ1) is 10.1. The van der Waals surface area contributed by atoms with E-state index in [-0.39, 0.29) is 11.1 Å². The lowest BCUT2D eigenvalue weighted by molar-refractivity contribution is 0.103. The summed E-state index contributed by atoms with van der Waals surface area (Å²) in [5.74, 6) is 0. The van der Waals surface area contributed by atoms with Gasteiger partial charge >= 0.3 is 0 Å². The van der Waals surface area contributed by atoms with E-state index in [1.165, 1.54) is 22.3 Å². The lowest BCUT2D eigenvalue weighted by atomic mass is 9.71. The highest BCUT2D eigenvalue weighted by molar-refractivity contribution is 6.30. The summed E-state index contributed by atoms with van der Waals surface area (Å²) in [5.41, 5.74) is 5.77. The predicted octanol–water partition coefficient (Wildman–Crippen LogP) is 4.91.